The quantitative estimate of drug-likeness (QED) is 0.858. The molecule has 0 unspecified atom stereocenters. The van der Waals surface area contributed by atoms with E-state index < -0.39 is 0 Å². The topological polar surface area (TPSA) is 50.9 Å². The van der Waals surface area contributed by atoms with Crippen LogP contribution in [0.1, 0.15) is 0 Å². The van der Waals surface area contributed by atoms with Gasteiger partial charge in [0.25, 0.3) is 0 Å². The lowest BCUT2D eigenvalue weighted by Crippen LogP contribution is -1.93. The summed E-state index contributed by atoms with van der Waals surface area (Å²) in [7, 11) is 0. The zero-order chi connectivity index (χ0) is 11.5. The predicted octanol–water partition coefficient (Wildman–Crippen LogP) is 3.71. The summed E-state index contributed by atoms with van der Waals surface area (Å²) >= 11 is 11.8. The fourth-order valence-electron chi connectivity index (χ4n) is 1.32. The Morgan fingerprint density at radius 1 is 0.938 bits per heavy atom. The van der Waals surface area contributed by atoms with Gasteiger partial charge in [-0.1, -0.05) is 23.2 Å². The molecule has 2 rings (SSSR count). The zero-order valence-electron chi connectivity index (χ0n) is 8.24. The van der Waals surface area contributed by atoms with E-state index in [0.29, 0.717) is 15.7 Å². The van der Waals surface area contributed by atoms with Gasteiger partial charge in [-0.15, -0.1) is 0 Å². The largest absolute Gasteiger partial charge is 0.397 e. The molecule has 0 bridgehead atoms. The standard InChI is InChI=1S/C11H9Cl2N3/c12-7-1-8(13)3-10(2-7)16-11-4-9(14)5-15-6-11/h1-6,16H,14H2. The van der Waals surface area contributed by atoms with Gasteiger partial charge in [-0.25, -0.2) is 0 Å². The van der Waals surface area contributed by atoms with E-state index in [1.807, 2.05) is 0 Å². The van der Waals surface area contributed by atoms with Crippen LogP contribution in [0.2, 0.25) is 10.0 Å². The summed E-state index contributed by atoms with van der Waals surface area (Å²) in [6.07, 6.45) is 3.25. The van der Waals surface area contributed by atoms with Crippen LogP contribution in [0.5, 0.6) is 0 Å². The van der Waals surface area contributed by atoms with Crippen molar-refractivity contribution in [1.82, 2.24) is 4.98 Å². The first-order valence-corrected chi connectivity index (χ1v) is 5.33. The van der Waals surface area contributed by atoms with Crippen LogP contribution in [0.3, 0.4) is 0 Å². The average Bonchev–Trinajstić information content (AvgIpc) is 2.15. The minimum Gasteiger partial charge on any atom is -0.397 e. The van der Waals surface area contributed by atoms with Crippen molar-refractivity contribution in [1.29, 1.82) is 0 Å². The van der Waals surface area contributed by atoms with Crippen LogP contribution in [0, 0.1) is 0 Å². The zero-order valence-corrected chi connectivity index (χ0v) is 9.76. The third kappa shape index (κ3) is 2.78. The van der Waals surface area contributed by atoms with Crippen molar-refractivity contribution in [2.75, 3.05) is 11.1 Å². The van der Waals surface area contributed by atoms with E-state index in [4.69, 9.17) is 28.9 Å². The van der Waals surface area contributed by atoms with Gasteiger partial charge in [0, 0.05) is 21.9 Å². The summed E-state index contributed by atoms with van der Waals surface area (Å²) in [6.45, 7) is 0. The number of benzene rings is 1. The number of nitrogens with two attached hydrogens (primary N) is 1. The van der Waals surface area contributed by atoms with Gasteiger partial charge in [0.2, 0.25) is 0 Å². The molecule has 0 aliphatic carbocycles. The number of nitrogens with zero attached hydrogens (tertiary/aromatic N) is 1. The highest BCUT2D eigenvalue weighted by Crippen LogP contribution is 2.25. The SMILES string of the molecule is Nc1cncc(Nc2cc(Cl)cc(Cl)c2)c1. The van der Waals surface area contributed by atoms with E-state index in [1.54, 1.807) is 36.7 Å². The van der Waals surface area contributed by atoms with Gasteiger partial charge in [0.15, 0.2) is 0 Å². The lowest BCUT2D eigenvalue weighted by molar-refractivity contribution is 1.32. The van der Waals surface area contributed by atoms with Gasteiger partial charge in [-0.05, 0) is 24.3 Å². The second kappa shape index (κ2) is 4.60. The third-order valence-electron chi connectivity index (χ3n) is 1.91. The fraction of sp³-hybridized carbons (Fsp3) is 0. The van der Waals surface area contributed by atoms with Crippen molar-refractivity contribution < 1.29 is 0 Å². The molecule has 3 N–H and O–H groups in total. The molecule has 0 aliphatic heterocycles. The number of rotatable bonds is 2. The molecule has 3 nitrogen and oxygen atoms in total. The van der Waals surface area contributed by atoms with E-state index >= 15 is 0 Å². The van der Waals surface area contributed by atoms with Crippen molar-refractivity contribution in [2.24, 2.45) is 0 Å². The van der Waals surface area contributed by atoms with Gasteiger partial charge in [0.1, 0.15) is 0 Å². The van der Waals surface area contributed by atoms with E-state index in [-0.39, 0.29) is 0 Å². The Labute approximate surface area is 103 Å². The molecule has 0 saturated heterocycles. The number of halogens is 2. The molecule has 1 aromatic heterocycles. The molecule has 0 spiro atoms. The fourth-order valence-corrected chi connectivity index (χ4v) is 1.84. The maximum Gasteiger partial charge on any atom is 0.0591 e. The number of hydrogen-bond donors (Lipinski definition) is 2. The number of hydrogen-bond acceptors (Lipinski definition) is 3. The van der Waals surface area contributed by atoms with Gasteiger partial charge in [0.05, 0.1) is 17.6 Å². The molecule has 82 valence electrons. The van der Waals surface area contributed by atoms with E-state index in [2.05, 4.69) is 10.3 Å². The van der Waals surface area contributed by atoms with Crippen molar-refractivity contribution in [3.63, 3.8) is 0 Å². The van der Waals surface area contributed by atoms with E-state index in [0.717, 1.165) is 11.4 Å². The normalized spacial score (nSPS) is 10.1. The maximum atomic E-state index is 5.88. The van der Waals surface area contributed by atoms with Crippen molar-refractivity contribution in [2.45, 2.75) is 0 Å². The number of aromatic nitrogens is 1. The molecule has 1 aromatic carbocycles. The summed E-state index contributed by atoms with van der Waals surface area (Å²) < 4.78 is 0. The number of nitrogens with one attached hydrogen (secondary N) is 1. The first-order chi connectivity index (χ1) is 7.63. The summed E-state index contributed by atoms with van der Waals surface area (Å²) in [5.74, 6) is 0. The lowest BCUT2D eigenvalue weighted by atomic mass is 10.3. The lowest BCUT2D eigenvalue weighted by Gasteiger charge is -2.07. The van der Waals surface area contributed by atoms with Crippen LogP contribution >= 0.6 is 23.2 Å². The van der Waals surface area contributed by atoms with Crippen LogP contribution in [-0.4, -0.2) is 4.98 Å². The van der Waals surface area contributed by atoms with Crippen LogP contribution in [0.25, 0.3) is 0 Å². The van der Waals surface area contributed by atoms with E-state index in [1.165, 1.54) is 0 Å². The molecule has 0 atom stereocenters. The smallest absolute Gasteiger partial charge is 0.0591 e. The number of anilines is 3. The number of nitrogen functional groups attached to an aromatic ring is 1. The summed E-state index contributed by atoms with van der Waals surface area (Å²) in [4.78, 5) is 3.97. The van der Waals surface area contributed by atoms with E-state index in [9.17, 15) is 0 Å². The summed E-state index contributed by atoms with van der Waals surface area (Å²) in [6, 6.07) is 7.00. The Morgan fingerprint density at radius 2 is 1.62 bits per heavy atom. The molecule has 0 amide bonds. The molecular weight excluding hydrogens is 245 g/mol. The minimum absolute atomic E-state index is 0.576. The Kier molecular flexibility index (Phi) is 3.17. The highest BCUT2D eigenvalue weighted by atomic mass is 35.5. The highest BCUT2D eigenvalue weighted by Gasteiger charge is 1.99. The molecule has 16 heavy (non-hydrogen) atoms. The Morgan fingerprint density at radius 3 is 2.25 bits per heavy atom. The highest BCUT2D eigenvalue weighted by molar-refractivity contribution is 6.35. The predicted molar refractivity (Wildman–Crippen MR) is 68.4 cm³/mol. The molecule has 1 heterocycles. The molecule has 0 aliphatic rings. The van der Waals surface area contributed by atoms with Crippen molar-refractivity contribution in [3.8, 4) is 0 Å². The monoisotopic (exact) mass is 253 g/mol. The Balaban J connectivity index is 2.27. The van der Waals surface area contributed by atoms with Gasteiger partial charge >= 0.3 is 0 Å². The average molecular weight is 254 g/mol. The van der Waals surface area contributed by atoms with Crippen LogP contribution in [-0.2, 0) is 0 Å². The third-order valence-corrected chi connectivity index (χ3v) is 2.35. The molecule has 5 heteroatoms. The first-order valence-electron chi connectivity index (χ1n) is 4.57. The van der Waals surface area contributed by atoms with Crippen molar-refractivity contribution >= 4 is 40.3 Å². The Hall–Kier alpha value is -1.45. The number of pyridine rings is 1. The second-order valence-electron chi connectivity index (χ2n) is 3.29. The molecule has 0 saturated carbocycles. The van der Waals surface area contributed by atoms with Gasteiger partial charge < -0.3 is 11.1 Å². The molecule has 2 aromatic rings. The summed E-state index contributed by atoms with van der Waals surface area (Å²) in [5, 5.41) is 4.27. The molecule has 0 radical (unpaired) electrons. The van der Waals surface area contributed by atoms with Crippen LogP contribution in [0.4, 0.5) is 17.1 Å². The molecular formula is C11H9Cl2N3. The molecule has 0 fully saturated rings. The Bertz CT molecular complexity index is 494. The van der Waals surface area contributed by atoms with Crippen molar-refractivity contribution in [3.05, 3.63) is 46.7 Å². The van der Waals surface area contributed by atoms with Crippen LogP contribution < -0.4 is 11.1 Å². The maximum absolute atomic E-state index is 5.88. The van der Waals surface area contributed by atoms with Gasteiger partial charge in [-0.2, -0.15) is 0 Å². The summed E-state index contributed by atoms with van der Waals surface area (Å²) in [5.41, 5.74) is 7.80. The minimum atomic E-state index is 0.576. The first kappa shape index (κ1) is 11.0. The van der Waals surface area contributed by atoms with Gasteiger partial charge in [-0.3, -0.25) is 4.98 Å². The second-order valence-corrected chi connectivity index (χ2v) is 4.16. The van der Waals surface area contributed by atoms with Crippen LogP contribution in [0.15, 0.2) is 36.7 Å².